The Morgan fingerprint density at radius 3 is 2.32 bits per heavy atom. The van der Waals surface area contributed by atoms with E-state index in [4.69, 9.17) is 4.74 Å². The molecular formula is C20H22F2N4O5. The molecule has 1 aromatic heterocycles. The number of hydrogen-bond donors (Lipinski definition) is 0. The Morgan fingerprint density at radius 2 is 1.68 bits per heavy atom. The van der Waals surface area contributed by atoms with Gasteiger partial charge < -0.3 is 19.3 Å². The molecule has 31 heavy (non-hydrogen) atoms. The second-order valence-electron chi connectivity index (χ2n) is 6.73. The molecule has 1 aliphatic rings. The lowest BCUT2D eigenvalue weighted by atomic mass is 10.1. The maximum atomic E-state index is 12.8. The molecule has 0 saturated carbocycles. The van der Waals surface area contributed by atoms with Gasteiger partial charge >= 0.3 is 6.61 Å². The van der Waals surface area contributed by atoms with E-state index in [-0.39, 0.29) is 67.8 Å². The topological polar surface area (TPSA) is 94.0 Å². The van der Waals surface area contributed by atoms with Crippen LogP contribution in [-0.4, -0.2) is 77.9 Å². The summed E-state index contributed by atoms with van der Waals surface area (Å²) < 4.78 is 35.7. The molecule has 2 amide bonds. The fraction of sp³-hybridized carbons (Fsp3) is 0.400. The van der Waals surface area contributed by atoms with Gasteiger partial charge in [0.2, 0.25) is 0 Å². The Labute approximate surface area is 176 Å². The van der Waals surface area contributed by atoms with Gasteiger partial charge in [-0.3, -0.25) is 14.4 Å². The molecule has 2 aromatic rings. The Bertz CT molecular complexity index is 990. The number of ether oxygens (including phenoxy) is 2. The molecule has 2 heterocycles. The summed E-state index contributed by atoms with van der Waals surface area (Å²) in [7, 11) is 1.50. The van der Waals surface area contributed by atoms with Crippen LogP contribution < -0.4 is 10.3 Å². The van der Waals surface area contributed by atoms with E-state index in [1.165, 1.54) is 47.2 Å². The summed E-state index contributed by atoms with van der Waals surface area (Å²) in [5, 5.41) is 4.09. The summed E-state index contributed by atoms with van der Waals surface area (Å²) in [6.45, 7) is -1.62. The summed E-state index contributed by atoms with van der Waals surface area (Å²) in [5.41, 5.74) is -0.186. The standard InChI is InChI=1S/C20H22F2N4O5/c1-30-13-12-26-17(27)7-6-15(23-26)19(29)25-10-8-24(9-11-25)18(28)14-4-2-3-5-16(14)31-20(21)22/h2-7,20H,8-13H2,1H3. The number of alkyl halides is 2. The van der Waals surface area contributed by atoms with E-state index < -0.39 is 12.5 Å². The smallest absolute Gasteiger partial charge is 0.387 e. The van der Waals surface area contributed by atoms with E-state index in [1.54, 1.807) is 6.07 Å². The first-order chi connectivity index (χ1) is 14.9. The molecule has 0 spiro atoms. The normalized spacial score (nSPS) is 14.1. The molecule has 166 valence electrons. The number of aromatic nitrogens is 2. The number of hydrogen-bond acceptors (Lipinski definition) is 6. The predicted molar refractivity (Wildman–Crippen MR) is 105 cm³/mol. The Morgan fingerprint density at radius 1 is 1.03 bits per heavy atom. The van der Waals surface area contributed by atoms with Gasteiger partial charge in [-0.05, 0) is 18.2 Å². The van der Waals surface area contributed by atoms with Crippen LogP contribution in [0.3, 0.4) is 0 Å². The number of methoxy groups -OCH3 is 1. The van der Waals surface area contributed by atoms with Gasteiger partial charge in [0.1, 0.15) is 11.4 Å². The van der Waals surface area contributed by atoms with Crippen molar-refractivity contribution in [2.24, 2.45) is 0 Å². The zero-order chi connectivity index (χ0) is 22.4. The molecule has 1 fully saturated rings. The highest BCUT2D eigenvalue weighted by atomic mass is 19.3. The maximum absolute atomic E-state index is 12.8. The van der Waals surface area contributed by atoms with Crippen LogP contribution in [0.15, 0.2) is 41.2 Å². The first-order valence-electron chi connectivity index (χ1n) is 9.60. The van der Waals surface area contributed by atoms with Crippen molar-refractivity contribution in [3.63, 3.8) is 0 Å². The van der Waals surface area contributed by atoms with Crippen LogP contribution in [0.25, 0.3) is 0 Å². The van der Waals surface area contributed by atoms with E-state index in [0.717, 1.165) is 4.68 Å². The number of rotatable bonds is 7. The van der Waals surface area contributed by atoms with Crippen molar-refractivity contribution in [1.29, 1.82) is 0 Å². The van der Waals surface area contributed by atoms with E-state index in [1.807, 2.05) is 0 Å². The van der Waals surface area contributed by atoms with Crippen molar-refractivity contribution in [1.82, 2.24) is 19.6 Å². The minimum Gasteiger partial charge on any atom is -0.434 e. The van der Waals surface area contributed by atoms with Crippen molar-refractivity contribution in [3.8, 4) is 5.75 Å². The predicted octanol–water partition coefficient (Wildman–Crippen LogP) is 1.09. The number of nitrogens with zero attached hydrogens (tertiary/aromatic N) is 4. The number of para-hydroxylation sites is 1. The van der Waals surface area contributed by atoms with Crippen LogP contribution in [0.2, 0.25) is 0 Å². The monoisotopic (exact) mass is 436 g/mol. The molecule has 1 aliphatic heterocycles. The number of halogens is 2. The average Bonchev–Trinajstić information content (AvgIpc) is 2.78. The van der Waals surface area contributed by atoms with Gasteiger partial charge in [0, 0.05) is 39.4 Å². The van der Waals surface area contributed by atoms with E-state index in [0.29, 0.717) is 0 Å². The zero-order valence-electron chi connectivity index (χ0n) is 16.9. The van der Waals surface area contributed by atoms with E-state index >= 15 is 0 Å². The number of amides is 2. The lowest BCUT2D eigenvalue weighted by Crippen LogP contribution is -2.51. The van der Waals surface area contributed by atoms with Crippen molar-refractivity contribution in [3.05, 3.63) is 58.0 Å². The molecule has 0 unspecified atom stereocenters. The summed E-state index contributed by atoms with van der Waals surface area (Å²) in [4.78, 5) is 40.4. The molecule has 0 radical (unpaired) electrons. The Balaban J connectivity index is 1.65. The second kappa shape index (κ2) is 10.1. The average molecular weight is 436 g/mol. The number of benzene rings is 1. The molecule has 0 N–H and O–H groups in total. The van der Waals surface area contributed by atoms with Crippen LogP contribution in [0, 0.1) is 0 Å². The molecule has 9 nitrogen and oxygen atoms in total. The van der Waals surface area contributed by atoms with Gasteiger partial charge in [0.05, 0.1) is 18.7 Å². The molecular weight excluding hydrogens is 414 g/mol. The molecule has 3 rings (SSSR count). The van der Waals surface area contributed by atoms with E-state index in [2.05, 4.69) is 9.84 Å². The van der Waals surface area contributed by atoms with Crippen LogP contribution in [0.4, 0.5) is 8.78 Å². The molecule has 1 saturated heterocycles. The third-order valence-electron chi connectivity index (χ3n) is 4.78. The van der Waals surface area contributed by atoms with Gasteiger partial charge in [-0.2, -0.15) is 13.9 Å². The third kappa shape index (κ3) is 5.43. The summed E-state index contributed by atoms with van der Waals surface area (Å²) >= 11 is 0. The first kappa shape index (κ1) is 22.3. The van der Waals surface area contributed by atoms with Gasteiger partial charge in [-0.15, -0.1) is 0 Å². The van der Waals surface area contributed by atoms with Crippen molar-refractivity contribution in [2.45, 2.75) is 13.2 Å². The lowest BCUT2D eigenvalue weighted by Gasteiger charge is -2.34. The first-order valence-corrected chi connectivity index (χ1v) is 9.60. The minimum atomic E-state index is -3.04. The molecule has 1 aromatic carbocycles. The highest BCUT2D eigenvalue weighted by molar-refractivity contribution is 5.97. The Kier molecular flexibility index (Phi) is 7.29. The largest absolute Gasteiger partial charge is 0.434 e. The quantitative estimate of drug-likeness (QED) is 0.645. The fourth-order valence-corrected chi connectivity index (χ4v) is 3.19. The number of carbonyl (C=O) groups excluding carboxylic acids is 2. The number of carbonyl (C=O) groups is 2. The lowest BCUT2D eigenvalue weighted by molar-refractivity contribution is -0.0503. The van der Waals surface area contributed by atoms with E-state index in [9.17, 15) is 23.2 Å². The molecule has 0 atom stereocenters. The number of piperazine rings is 1. The second-order valence-corrected chi connectivity index (χ2v) is 6.73. The van der Waals surface area contributed by atoms with Crippen molar-refractivity contribution in [2.75, 3.05) is 39.9 Å². The highest BCUT2D eigenvalue weighted by Gasteiger charge is 2.28. The van der Waals surface area contributed by atoms with Gasteiger partial charge in [-0.1, -0.05) is 12.1 Å². The Hall–Kier alpha value is -3.34. The summed E-state index contributed by atoms with van der Waals surface area (Å²) in [6.07, 6.45) is 0. The molecule has 11 heteroatoms. The summed E-state index contributed by atoms with van der Waals surface area (Å²) in [5.74, 6) is -1.00. The van der Waals surface area contributed by atoms with Crippen LogP contribution in [0.1, 0.15) is 20.8 Å². The minimum absolute atomic E-state index is 0.0365. The third-order valence-corrected chi connectivity index (χ3v) is 4.78. The SMILES string of the molecule is COCCn1nc(C(=O)N2CCN(C(=O)c3ccccc3OC(F)F)CC2)ccc1=O. The van der Waals surface area contributed by atoms with Crippen LogP contribution >= 0.6 is 0 Å². The highest BCUT2D eigenvalue weighted by Crippen LogP contribution is 2.22. The van der Waals surface area contributed by atoms with Crippen molar-refractivity contribution < 1.29 is 27.8 Å². The molecule has 0 bridgehead atoms. The van der Waals surface area contributed by atoms with Gasteiger partial charge in [-0.25, -0.2) is 4.68 Å². The zero-order valence-corrected chi connectivity index (χ0v) is 16.9. The van der Waals surface area contributed by atoms with Crippen LogP contribution in [0.5, 0.6) is 5.75 Å². The van der Waals surface area contributed by atoms with Gasteiger partial charge in [0.15, 0.2) is 0 Å². The van der Waals surface area contributed by atoms with Gasteiger partial charge in [0.25, 0.3) is 17.4 Å². The fourth-order valence-electron chi connectivity index (χ4n) is 3.19. The van der Waals surface area contributed by atoms with Crippen LogP contribution in [-0.2, 0) is 11.3 Å². The van der Waals surface area contributed by atoms with Crippen molar-refractivity contribution >= 4 is 11.8 Å². The maximum Gasteiger partial charge on any atom is 0.387 e. The molecule has 0 aliphatic carbocycles. The summed E-state index contributed by atoms with van der Waals surface area (Å²) in [6, 6.07) is 8.44.